The molecule has 2 aliphatic carbocycles. The highest BCUT2D eigenvalue weighted by Gasteiger charge is 2.27. The van der Waals surface area contributed by atoms with Crippen LogP contribution in [0.4, 0.5) is 0 Å². The van der Waals surface area contributed by atoms with Gasteiger partial charge in [-0.1, -0.05) is 0 Å². The summed E-state index contributed by atoms with van der Waals surface area (Å²) in [4.78, 5) is 33.9. The van der Waals surface area contributed by atoms with E-state index in [1.54, 1.807) is 15.3 Å². The summed E-state index contributed by atoms with van der Waals surface area (Å²) < 4.78 is 3.27. The molecule has 162 valence electrons. The van der Waals surface area contributed by atoms with Crippen molar-refractivity contribution < 1.29 is 4.79 Å². The predicted octanol–water partition coefficient (Wildman–Crippen LogP) is 2.09. The number of hydrogen-bond donors (Lipinski definition) is 1. The maximum atomic E-state index is 12.7. The monoisotopic (exact) mass is 421 g/mol. The van der Waals surface area contributed by atoms with Crippen LogP contribution >= 0.6 is 0 Å². The van der Waals surface area contributed by atoms with Gasteiger partial charge in [-0.3, -0.25) is 9.59 Å². The Balaban J connectivity index is 1.25. The first kappa shape index (κ1) is 19.8. The normalized spacial score (nSPS) is 21.1. The predicted molar refractivity (Wildman–Crippen MR) is 114 cm³/mol. The summed E-state index contributed by atoms with van der Waals surface area (Å²) >= 11 is 0. The van der Waals surface area contributed by atoms with Gasteiger partial charge in [0.15, 0.2) is 0 Å². The van der Waals surface area contributed by atoms with E-state index in [-0.39, 0.29) is 29.4 Å². The molecule has 0 bridgehead atoms. The van der Waals surface area contributed by atoms with Crippen molar-refractivity contribution in [2.45, 2.75) is 77.3 Å². The van der Waals surface area contributed by atoms with Gasteiger partial charge in [-0.2, -0.15) is 10.1 Å². The molecule has 1 N–H and O–H groups in total. The Morgan fingerprint density at radius 1 is 1.03 bits per heavy atom. The minimum absolute atomic E-state index is 0.000184. The molecule has 0 unspecified atom stereocenters. The van der Waals surface area contributed by atoms with Crippen molar-refractivity contribution in [3.8, 4) is 0 Å². The largest absolute Gasteiger partial charge is 0.347 e. The molecule has 2 aliphatic rings. The Morgan fingerprint density at radius 3 is 2.61 bits per heavy atom. The number of rotatable bonds is 3. The average molecular weight is 422 g/mol. The van der Waals surface area contributed by atoms with Crippen LogP contribution in [0.25, 0.3) is 5.78 Å². The Bertz CT molecular complexity index is 1200. The molecular formula is C22H27N7O2. The van der Waals surface area contributed by atoms with Crippen LogP contribution in [-0.4, -0.2) is 41.3 Å². The fourth-order valence-corrected chi connectivity index (χ4v) is 4.82. The molecule has 0 atom stereocenters. The van der Waals surface area contributed by atoms with Crippen molar-refractivity contribution in [1.29, 1.82) is 0 Å². The number of fused-ring (bicyclic) bond motifs is 2. The van der Waals surface area contributed by atoms with Gasteiger partial charge in [0.25, 0.3) is 17.2 Å². The van der Waals surface area contributed by atoms with E-state index in [4.69, 9.17) is 5.10 Å². The van der Waals surface area contributed by atoms with E-state index in [0.717, 1.165) is 74.0 Å². The van der Waals surface area contributed by atoms with Crippen LogP contribution in [0, 0.1) is 13.8 Å². The van der Waals surface area contributed by atoms with E-state index in [1.807, 2.05) is 19.9 Å². The standard InChI is InChI=1S/C22H27N7O2/c1-13-11-14(2)28-22(23-13)25-20(27-28)21(31)24-16-7-9-17(10-8-16)29-19(30)12-15-5-3-4-6-18(15)26-29/h11-12,16-17H,3-10H2,1-2H3,(H,24,31). The molecule has 3 aromatic rings. The van der Waals surface area contributed by atoms with Crippen molar-refractivity contribution in [3.05, 3.63) is 51.0 Å². The van der Waals surface area contributed by atoms with E-state index in [1.165, 1.54) is 0 Å². The number of carbonyl (C=O) groups is 1. The Hall–Kier alpha value is -3.10. The third kappa shape index (κ3) is 3.84. The zero-order valence-corrected chi connectivity index (χ0v) is 18.0. The van der Waals surface area contributed by atoms with Gasteiger partial charge in [-0.05, 0) is 76.8 Å². The van der Waals surface area contributed by atoms with Gasteiger partial charge in [0, 0.05) is 23.5 Å². The molecule has 5 rings (SSSR count). The lowest BCUT2D eigenvalue weighted by atomic mass is 9.91. The lowest BCUT2D eigenvalue weighted by Gasteiger charge is -2.30. The zero-order chi connectivity index (χ0) is 21.5. The zero-order valence-electron chi connectivity index (χ0n) is 18.0. The fourth-order valence-electron chi connectivity index (χ4n) is 4.82. The molecule has 0 radical (unpaired) electrons. The molecule has 9 heteroatoms. The summed E-state index contributed by atoms with van der Waals surface area (Å²) in [5.74, 6) is 0.287. The number of amides is 1. The van der Waals surface area contributed by atoms with Crippen LogP contribution in [-0.2, 0) is 12.8 Å². The van der Waals surface area contributed by atoms with E-state index >= 15 is 0 Å². The van der Waals surface area contributed by atoms with Gasteiger partial charge in [0.05, 0.1) is 11.7 Å². The molecule has 3 heterocycles. The minimum atomic E-state index is -0.282. The van der Waals surface area contributed by atoms with Crippen LogP contribution in [0.15, 0.2) is 16.9 Å². The van der Waals surface area contributed by atoms with Crippen LogP contribution in [0.2, 0.25) is 0 Å². The summed E-state index contributed by atoms with van der Waals surface area (Å²) in [6.45, 7) is 3.80. The molecule has 1 fully saturated rings. The molecule has 1 amide bonds. The molecule has 31 heavy (non-hydrogen) atoms. The van der Waals surface area contributed by atoms with Gasteiger partial charge >= 0.3 is 0 Å². The molecular weight excluding hydrogens is 394 g/mol. The molecule has 0 aromatic carbocycles. The van der Waals surface area contributed by atoms with E-state index in [0.29, 0.717) is 5.78 Å². The maximum absolute atomic E-state index is 12.7. The van der Waals surface area contributed by atoms with Gasteiger partial charge in [0.2, 0.25) is 5.82 Å². The van der Waals surface area contributed by atoms with Crippen molar-refractivity contribution in [2.75, 3.05) is 0 Å². The molecule has 0 aliphatic heterocycles. The summed E-state index contributed by atoms with van der Waals surface area (Å²) in [6.07, 6.45) is 7.42. The second-order valence-electron chi connectivity index (χ2n) is 8.77. The van der Waals surface area contributed by atoms with E-state index < -0.39 is 0 Å². The fraction of sp³-hybridized carbons (Fsp3) is 0.545. The first-order chi connectivity index (χ1) is 15.0. The second-order valence-corrected chi connectivity index (χ2v) is 8.77. The summed E-state index contributed by atoms with van der Waals surface area (Å²) in [5.41, 5.74) is 3.93. The first-order valence-electron chi connectivity index (χ1n) is 11.1. The van der Waals surface area contributed by atoms with Crippen LogP contribution in [0.1, 0.15) is 77.8 Å². The topological polar surface area (TPSA) is 107 Å². The molecule has 3 aromatic heterocycles. The highest BCUT2D eigenvalue weighted by molar-refractivity contribution is 5.91. The Labute approximate surface area is 179 Å². The average Bonchev–Trinajstić information content (AvgIpc) is 3.18. The SMILES string of the molecule is Cc1cc(C)n2nc(C(=O)NC3CCC(n4nc5c(cc4=O)CCCC5)CC3)nc2n1. The van der Waals surface area contributed by atoms with Crippen molar-refractivity contribution in [2.24, 2.45) is 0 Å². The van der Waals surface area contributed by atoms with Crippen LogP contribution in [0.3, 0.4) is 0 Å². The lowest BCUT2D eigenvalue weighted by molar-refractivity contribution is 0.0911. The number of nitrogens with zero attached hydrogens (tertiary/aromatic N) is 6. The van der Waals surface area contributed by atoms with Crippen molar-refractivity contribution >= 4 is 11.7 Å². The number of aromatic nitrogens is 6. The number of aryl methyl sites for hydroxylation is 4. The van der Waals surface area contributed by atoms with Gasteiger partial charge < -0.3 is 5.32 Å². The minimum Gasteiger partial charge on any atom is -0.347 e. The van der Waals surface area contributed by atoms with Gasteiger partial charge in [-0.25, -0.2) is 14.2 Å². The van der Waals surface area contributed by atoms with E-state index in [2.05, 4.69) is 20.4 Å². The van der Waals surface area contributed by atoms with Gasteiger partial charge in [0.1, 0.15) is 0 Å². The number of nitrogens with one attached hydrogen (secondary N) is 1. The quantitative estimate of drug-likeness (QED) is 0.694. The third-order valence-corrected chi connectivity index (χ3v) is 6.43. The smallest absolute Gasteiger partial charge is 0.291 e. The van der Waals surface area contributed by atoms with Crippen LogP contribution in [0.5, 0.6) is 0 Å². The number of carbonyl (C=O) groups excluding carboxylic acids is 1. The van der Waals surface area contributed by atoms with Crippen molar-refractivity contribution in [1.82, 2.24) is 34.7 Å². The summed E-state index contributed by atoms with van der Waals surface area (Å²) in [7, 11) is 0. The Kier molecular flexibility index (Phi) is 5.03. The highest BCUT2D eigenvalue weighted by atomic mass is 16.2. The van der Waals surface area contributed by atoms with Crippen LogP contribution < -0.4 is 10.9 Å². The number of hydrogen-bond acceptors (Lipinski definition) is 6. The maximum Gasteiger partial charge on any atom is 0.291 e. The molecule has 0 spiro atoms. The van der Waals surface area contributed by atoms with Gasteiger partial charge in [-0.15, -0.1) is 5.10 Å². The third-order valence-electron chi connectivity index (χ3n) is 6.43. The highest BCUT2D eigenvalue weighted by Crippen LogP contribution is 2.28. The Morgan fingerprint density at radius 2 is 1.81 bits per heavy atom. The first-order valence-corrected chi connectivity index (χ1v) is 11.1. The molecule has 9 nitrogen and oxygen atoms in total. The molecule has 0 saturated heterocycles. The van der Waals surface area contributed by atoms with E-state index in [9.17, 15) is 9.59 Å². The second kappa shape index (κ2) is 7.86. The van der Waals surface area contributed by atoms with Crippen molar-refractivity contribution in [3.63, 3.8) is 0 Å². The summed E-state index contributed by atoms with van der Waals surface area (Å²) in [6, 6.07) is 3.82. The lowest BCUT2D eigenvalue weighted by Crippen LogP contribution is -2.40. The molecule has 1 saturated carbocycles. The summed E-state index contributed by atoms with van der Waals surface area (Å²) in [5, 5.41) is 12.1.